The molecule has 0 amide bonds. The average molecular weight is 375 g/mol. The molecule has 0 heterocycles. The number of aryl methyl sites for hydroxylation is 1. The lowest BCUT2D eigenvalue weighted by Gasteiger charge is -2.13. The summed E-state index contributed by atoms with van der Waals surface area (Å²) in [6.07, 6.45) is 0. The van der Waals surface area contributed by atoms with E-state index in [0.29, 0.717) is 0 Å². The Morgan fingerprint density at radius 1 is 1.00 bits per heavy atom. The van der Waals surface area contributed by atoms with Crippen molar-refractivity contribution in [1.82, 2.24) is 0 Å². The lowest BCUT2D eigenvalue weighted by atomic mass is 10.0. The first kappa shape index (κ1) is 13.1. The highest BCUT2D eigenvalue weighted by Crippen LogP contribution is 2.35. The van der Waals surface area contributed by atoms with Gasteiger partial charge in [0, 0.05) is 8.95 Å². The minimum absolute atomic E-state index is 0.137. The number of rotatable bonds is 2. The molecule has 0 saturated carbocycles. The van der Waals surface area contributed by atoms with E-state index in [1.54, 1.807) is 0 Å². The van der Waals surface area contributed by atoms with Crippen LogP contribution in [0.4, 0.5) is 0 Å². The van der Waals surface area contributed by atoms with Crippen LogP contribution in [0, 0.1) is 6.92 Å². The number of hydrogen-bond acceptors (Lipinski definition) is 0. The van der Waals surface area contributed by atoms with Gasteiger partial charge in [0.05, 0.1) is 5.38 Å². The van der Waals surface area contributed by atoms with Crippen molar-refractivity contribution in [3.63, 3.8) is 0 Å². The summed E-state index contributed by atoms with van der Waals surface area (Å²) in [4.78, 5) is 0. The molecule has 0 bridgehead atoms. The normalized spacial score (nSPS) is 12.5. The number of benzene rings is 2. The van der Waals surface area contributed by atoms with E-state index in [1.165, 1.54) is 5.56 Å². The van der Waals surface area contributed by atoms with E-state index in [-0.39, 0.29) is 5.38 Å². The van der Waals surface area contributed by atoms with Gasteiger partial charge in [-0.15, -0.1) is 11.6 Å². The topological polar surface area (TPSA) is 0 Å². The molecule has 0 aromatic heterocycles. The maximum atomic E-state index is 6.51. The van der Waals surface area contributed by atoms with Gasteiger partial charge in [0.2, 0.25) is 0 Å². The minimum atomic E-state index is -0.137. The largest absolute Gasteiger partial charge is 0.113 e. The maximum Gasteiger partial charge on any atom is 0.0846 e. The van der Waals surface area contributed by atoms with Crippen molar-refractivity contribution in [1.29, 1.82) is 0 Å². The summed E-state index contributed by atoms with van der Waals surface area (Å²) in [6.45, 7) is 2.07. The summed E-state index contributed by atoms with van der Waals surface area (Å²) in [5.74, 6) is 0. The monoisotopic (exact) mass is 372 g/mol. The molecular weight excluding hydrogens is 363 g/mol. The molecule has 0 N–H and O–H groups in total. The summed E-state index contributed by atoms with van der Waals surface area (Å²) in [6, 6.07) is 14.3. The second-order valence-corrected chi connectivity index (χ2v) is 6.15. The zero-order valence-electron chi connectivity index (χ0n) is 9.25. The lowest BCUT2D eigenvalue weighted by Crippen LogP contribution is -1.94. The number of hydrogen-bond donors (Lipinski definition) is 0. The Labute approximate surface area is 123 Å². The van der Waals surface area contributed by atoms with Gasteiger partial charge in [0.25, 0.3) is 0 Å². The highest BCUT2D eigenvalue weighted by Gasteiger charge is 2.14. The summed E-state index contributed by atoms with van der Waals surface area (Å²) in [5, 5.41) is -0.137. The molecule has 0 saturated heterocycles. The smallest absolute Gasteiger partial charge is 0.0846 e. The minimum Gasteiger partial charge on any atom is -0.113 e. The van der Waals surface area contributed by atoms with Crippen LogP contribution in [0.2, 0.25) is 0 Å². The Morgan fingerprint density at radius 2 is 1.65 bits per heavy atom. The van der Waals surface area contributed by atoms with Crippen LogP contribution in [0.5, 0.6) is 0 Å². The standard InChI is InChI=1S/C14H11Br2Cl/c1-9-2-4-10(5-3-9)14(17)12-8-11(15)6-7-13(12)16/h2-8,14H,1H3. The maximum absolute atomic E-state index is 6.51. The Morgan fingerprint density at radius 3 is 2.29 bits per heavy atom. The second kappa shape index (κ2) is 5.55. The van der Waals surface area contributed by atoms with Gasteiger partial charge in [-0.1, -0.05) is 61.7 Å². The third kappa shape index (κ3) is 3.12. The van der Waals surface area contributed by atoms with E-state index in [0.717, 1.165) is 20.1 Å². The molecule has 3 heteroatoms. The van der Waals surface area contributed by atoms with Crippen molar-refractivity contribution in [3.05, 3.63) is 68.1 Å². The molecule has 2 aromatic carbocycles. The molecule has 1 unspecified atom stereocenters. The van der Waals surface area contributed by atoms with Crippen LogP contribution < -0.4 is 0 Å². The van der Waals surface area contributed by atoms with E-state index in [1.807, 2.05) is 18.2 Å². The van der Waals surface area contributed by atoms with E-state index in [2.05, 4.69) is 63.0 Å². The molecule has 0 aliphatic heterocycles. The van der Waals surface area contributed by atoms with Gasteiger partial charge in [-0.05, 0) is 36.2 Å². The highest BCUT2D eigenvalue weighted by molar-refractivity contribution is 9.11. The number of alkyl halides is 1. The Bertz CT molecular complexity index is 520. The van der Waals surface area contributed by atoms with E-state index >= 15 is 0 Å². The summed E-state index contributed by atoms with van der Waals surface area (Å²) in [5.41, 5.74) is 3.42. The molecule has 0 aliphatic rings. The lowest BCUT2D eigenvalue weighted by molar-refractivity contribution is 1.12. The zero-order chi connectivity index (χ0) is 12.4. The van der Waals surface area contributed by atoms with Gasteiger partial charge in [-0.3, -0.25) is 0 Å². The Hall–Kier alpha value is -0.310. The Kier molecular flexibility index (Phi) is 4.29. The molecule has 0 spiro atoms. The van der Waals surface area contributed by atoms with Gasteiger partial charge in [-0.25, -0.2) is 0 Å². The van der Waals surface area contributed by atoms with Crippen molar-refractivity contribution in [3.8, 4) is 0 Å². The van der Waals surface area contributed by atoms with Crippen LogP contribution in [0.15, 0.2) is 51.4 Å². The molecule has 88 valence electrons. The molecule has 0 aliphatic carbocycles. The van der Waals surface area contributed by atoms with Crippen molar-refractivity contribution < 1.29 is 0 Å². The first-order valence-electron chi connectivity index (χ1n) is 5.23. The van der Waals surface area contributed by atoms with Crippen molar-refractivity contribution in [2.75, 3.05) is 0 Å². The third-order valence-electron chi connectivity index (χ3n) is 2.60. The second-order valence-electron chi connectivity index (χ2n) is 3.94. The van der Waals surface area contributed by atoms with Crippen molar-refractivity contribution >= 4 is 43.5 Å². The molecule has 2 aromatic rings. The van der Waals surface area contributed by atoms with Crippen LogP contribution in [0.1, 0.15) is 22.1 Å². The van der Waals surface area contributed by atoms with Gasteiger partial charge in [-0.2, -0.15) is 0 Å². The van der Waals surface area contributed by atoms with Gasteiger partial charge >= 0.3 is 0 Å². The predicted molar refractivity (Wildman–Crippen MR) is 80.7 cm³/mol. The van der Waals surface area contributed by atoms with Crippen molar-refractivity contribution in [2.45, 2.75) is 12.3 Å². The quantitative estimate of drug-likeness (QED) is 0.579. The molecular formula is C14H11Br2Cl. The molecule has 0 fully saturated rings. The fraction of sp³-hybridized carbons (Fsp3) is 0.143. The number of halogens is 3. The molecule has 1 atom stereocenters. The molecule has 2 rings (SSSR count). The van der Waals surface area contributed by atoms with Crippen LogP contribution in [-0.2, 0) is 0 Å². The van der Waals surface area contributed by atoms with Crippen LogP contribution in [0.25, 0.3) is 0 Å². The summed E-state index contributed by atoms with van der Waals surface area (Å²) in [7, 11) is 0. The van der Waals surface area contributed by atoms with Crippen molar-refractivity contribution in [2.24, 2.45) is 0 Å². The fourth-order valence-electron chi connectivity index (χ4n) is 1.62. The predicted octanol–water partition coefficient (Wildman–Crippen LogP) is 5.85. The van der Waals surface area contributed by atoms with Gasteiger partial charge in [0.1, 0.15) is 0 Å². The summed E-state index contributed by atoms with van der Waals surface area (Å²) < 4.78 is 2.06. The van der Waals surface area contributed by atoms with Crippen LogP contribution >= 0.6 is 43.5 Å². The van der Waals surface area contributed by atoms with E-state index in [9.17, 15) is 0 Å². The average Bonchev–Trinajstić information content (AvgIpc) is 2.32. The summed E-state index contributed by atoms with van der Waals surface area (Å²) >= 11 is 13.5. The van der Waals surface area contributed by atoms with Crippen LogP contribution in [0.3, 0.4) is 0 Å². The molecule has 0 radical (unpaired) electrons. The first-order chi connectivity index (χ1) is 8.08. The van der Waals surface area contributed by atoms with E-state index < -0.39 is 0 Å². The molecule has 0 nitrogen and oxygen atoms in total. The first-order valence-corrected chi connectivity index (χ1v) is 7.26. The van der Waals surface area contributed by atoms with E-state index in [4.69, 9.17) is 11.6 Å². The Balaban J connectivity index is 2.39. The third-order valence-corrected chi connectivity index (χ3v) is 4.30. The van der Waals surface area contributed by atoms with Gasteiger partial charge < -0.3 is 0 Å². The fourth-order valence-corrected chi connectivity index (χ4v) is 2.94. The highest BCUT2D eigenvalue weighted by atomic mass is 79.9. The zero-order valence-corrected chi connectivity index (χ0v) is 13.2. The van der Waals surface area contributed by atoms with Crippen LogP contribution in [-0.4, -0.2) is 0 Å². The van der Waals surface area contributed by atoms with Gasteiger partial charge in [0.15, 0.2) is 0 Å². The SMILES string of the molecule is Cc1ccc(C(Cl)c2cc(Br)ccc2Br)cc1. The molecule has 17 heavy (non-hydrogen) atoms.